The third-order valence-corrected chi connectivity index (χ3v) is 3.75. The first-order valence-electron chi connectivity index (χ1n) is 7.29. The zero-order chi connectivity index (χ0) is 14.1. The number of carboxylic acid groups (broad SMARTS) is 1. The van der Waals surface area contributed by atoms with Crippen LogP contribution in [0.2, 0.25) is 0 Å². The highest BCUT2D eigenvalue weighted by Gasteiger charge is 2.24. The van der Waals surface area contributed by atoms with Crippen molar-refractivity contribution < 1.29 is 14.7 Å². The molecule has 1 amide bonds. The first-order chi connectivity index (χ1) is 9.15. The molecule has 1 aliphatic rings. The number of carboxylic acids is 1. The van der Waals surface area contributed by atoms with E-state index in [1.165, 1.54) is 19.3 Å². The molecule has 108 valence electrons. The summed E-state index contributed by atoms with van der Waals surface area (Å²) in [7, 11) is 0. The van der Waals surface area contributed by atoms with Crippen molar-refractivity contribution in [3.8, 4) is 0 Å². The maximum absolute atomic E-state index is 12.1. The summed E-state index contributed by atoms with van der Waals surface area (Å²) in [4.78, 5) is 23.2. The summed E-state index contributed by atoms with van der Waals surface area (Å²) in [6.07, 6.45) is 10.2. The predicted octanol–water partition coefficient (Wildman–Crippen LogP) is 2.88. The van der Waals surface area contributed by atoms with Gasteiger partial charge < -0.3 is 10.4 Å². The number of nitrogens with one attached hydrogen (secondary N) is 1. The van der Waals surface area contributed by atoms with Crippen molar-refractivity contribution in [2.45, 2.75) is 63.8 Å². The van der Waals surface area contributed by atoms with Gasteiger partial charge in [0.2, 0.25) is 5.91 Å². The van der Waals surface area contributed by atoms with Gasteiger partial charge in [-0.2, -0.15) is 0 Å². The van der Waals surface area contributed by atoms with Crippen molar-refractivity contribution >= 4 is 11.9 Å². The second kappa shape index (κ2) is 8.73. The first kappa shape index (κ1) is 15.7. The Labute approximate surface area is 115 Å². The fourth-order valence-electron chi connectivity index (χ4n) is 2.55. The van der Waals surface area contributed by atoms with Gasteiger partial charge in [-0.25, -0.2) is 4.79 Å². The van der Waals surface area contributed by atoms with E-state index >= 15 is 0 Å². The Morgan fingerprint density at radius 3 is 2.32 bits per heavy atom. The summed E-state index contributed by atoms with van der Waals surface area (Å²) < 4.78 is 0. The molecule has 0 aromatic heterocycles. The summed E-state index contributed by atoms with van der Waals surface area (Å²) in [5.41, 5.74) is 0. The predicted molar refractivity (Wildman–Crippen MR) is 74.8 cm³/mol. The lowest BCUT2D eigenvalue weighted by Crippen LogP contribution is -2.43. The molecular formula is C15H25NO3. The van der Waals surface area contributed by atoms with Crippen LogP contribution in [-0.2, 0) is 9.59 Å². The summed E-state index contributed by atoms with van der Waals surface area (Å²) >= 11 is 0. The Morgan fingerprint density at radius 1 is 1.21 bits per heavy atom. The van der Waals surface area contributed by atoms with Crippen LogP contribution >= 0.6 is 0 Å². The molecule has 1 unspecified atom stereocenters. The molecule has 2 N–H and O–H groups in total. The Hall–Kier alpha value is -1.32. The van der Waals surface area contributed by atoms with E-state index in [-0.39, 0.29) is 11.8 Å². The van der Waals surface area contributed by atoms with Crippen LogP contribution in [0, 0.1) is 5.92 Å². The maximum atomic E-state index is 12.1. The van der Waals surface area contributed by atoms with Crippen molar-refractivity contribution in [3.63, 3.8) is 0 Å². The standard InChI is InChI=1S/C15H25NO3/c1-2-3-11-13(15(18)19)16-14(17)12-9-7-5-4-6-8-10-12/h2,12-13H,1,3-11H2,(H,16,17)(H,18,19). The van der Waals surface area contributed by atoms with Crippen LogP contribution in [-0.4, -0.2) is 23.0 Å². The van der Waals surface area contributed by atoms with Gasteiger partial charge in [-0.1, -0.05) is 38.2 Å². The van der Waals surface area contributed by atoms with Crippen LogP contribution in [0.3, 0.4) is 0 Å². The summed E-state index contributed by atoms with van der Waals surface area (Å²) in [6.45, 7) is 3.58. The average Bonchev–Trinajstić information content (AvgIpc) is 2.33. The smallest absolute Gasteiger partial charge is 0.326 e. The van der Waals surface area contributed by atoms with E-state index in [0.717, 1.165) is 25.7 Å². The molecule has 19 heavy (non-hydrogen) atoms. The quantitative estimate of drug-likeness (QED) is 0.727. The molecule has 1 saturated carbocycles. The third kappa shape index (κ3) is 5.90. The lowest BCUT2D eigenvalue weighted by atomic mass is 9.90. The van der Waals surface area contributed by atoms with E-state index in [0.29, 0.717) is 12.8 Å². The molecule has 0 aromatic rings. The molecule has 0 bridgehead atoms. The van der Waals surface area contributed by atoms with Crippen LogP contribution in [0.4, 0.5) is 0 Å². The molecule has 1 aliphatic carbocycles. The van der Waals surface area contributed by atoms with Gasteiger partial charge >= 0.3 is 5.97 Å². The van der Waals surface area contributed by atoms with Crippen molar-refractivity contribution in [2.75, 3.05) is 0 Å². The maximum Gasteiger partial charge on any atom is 0.326 e. The third-order valence-electron chi connectivity index (χ3n) is 3.75. The number of carbonyl (C=O) groups excluding carboxylic acids is 1. The molecular weight excluding hydrogens is 242 g/mol. The van der Waals surface area contributed by atoms with E-state index in [2.05, 4.69) is 11.9 Å². The normalized spacial score (nSPS) is 18.9. The Morgan fingerprint density at radius 2 is 1.79 bits per heavy atom. The van der Waals surface area contributed by atoms with Crippen LogP contribution < -0.4 is 5.32 Å². The lowest BCUT2D eigenvalue weighted by molar-refractivity contribution is -0.142. The van der Waals surface area contributed by atoms with Crippen molar-refractivity contribution in [3.05, 3.63) is 12.7 Å². The van der Waals surface area contributed by atoms with E-state index in [1.54, 1.807) is 6.08 Å². The number of amides is 1. The molecule has 4 nitrogen and oxygen atoms in total. The van der Waals surface area contributed by atoms with Crippen molar-refractivity contribution in [1.29, 1.82) is 0 Å². The summed E-state index contributed by atoms with van der Waals surface area (Å²) in [5, 5.41) is 11.8. The first-order valence-corrected chi connectivity index (χ1v) is 7.29. The Bertz CT molecular complexity index is 307. The van der Waals surface area contributed by atoms with Gasteiger partial charge in [-0.3, -0.25) is 4.79 Å². The van der Waals surface area contributed by atoms with Crippen LogP contribution in [0.1, 0.15) is 57.8 Å². The van der Waals surface area contributed by atoms with Crippen molar-refractivity contribution in [2.24, 2.45) is 5.92 Å². The summed E-state index contributed by atoms with van der Waals surface area (Å²) in [5.74, 6) is -1.05. The zero-order valence-corrected chi connectivity index (χ0v) is 11.6. The minimum absolute atomic E-state index is 0.00844. The second-order valence-corrected chi connectivity index (χ2v) is 5.31. The van der Waals surface area contributed by atoms with Crippen molar-refractivity contribution in [1.82, 2.24) is 5.32 Å². The highest BCUT2D eigenvalue weighted by Crippen LogP contribution is 2.22. The molecule has 0 spiro atoms. The largest absolute Gasteiger partial charge is 0.480 e. The van der Waals surface area contributed by atoms with Gasteiger partial charge in [-0.05, 0) is 25.7 Å². The zero-order valence-electron chi connectivity index (χ0n) is 11.6. The number of hydrogen-bond donors (Lipinski definition) is 2. The fraction of sp³-hybridized carbons (Fsp3) is 0.733. The highest BCUT2D eigenvalue weighted by molar-refractivity contribution is 5.84. The number of carbonyl (C=O) groups is 2. The van der Waals surface area contributed by atoms with Gasteiger partial charge in [-0.15, -0.1) is 6.58 Å². The van der Waals surface area contributed by atoms with Gasteiger partial charge in [0, 0.05) is 5.92 Å². The van der Waals surface area contributed by atoms with Crippen LogP contribution in [0.15, 0.2) is 12.7 Å². The number of aliphatic carboxylic acids is 1. The van der Waals surface area contributed by atoms with Crippen LogP contribution in [0.5, 0.6) is 0 Å². The number of allylic oxidation sites excluding steroid dienone is 1. The Kier molecular flexibility index (Phi) is 7.23. The highest BCUT2D eigenvalue weighted by atomic mass is 16.4. The molecule has 0 aromatic carbocycles. The van der Waals surface area contributed by atoms with E-state index < -0.39 is 12.0 Å². The minimum atomic E-state index is -0.957. The molecule has 0 saturated heterocycles. The number of hydrogen-bond acceptors (Lipinski definition) is 2. The monoisotopic (exact) mass is 267 g/mol. The van der Waals surface area contributed by atoms with Crippen LogP contribution in [0.25, 0.3) is 0 Å². The molecule has 0 radical (unpaired) electrons. The van der Waals surface area contributed by atoms with E-state index in [9.17, 15) is 9.59 Å². The topological polar surface area (TPSA) is 66.4 Å². The van der Waals surface area contributed by atoms with E-state index in [4.69, 9.17) is 5.11 Å². The fourth-order valence-corrected chi connectivity index (χ4v) is 2.55. The van der Waals surface area contributed by atoms with Gasteiger partial charge in [0.15, 0.2) is 0 Å². The molecule has 1 rings (SSSR count). The molecule has 0 aliphatic heterocycles. The molecule has 1 atom stereocenters. The van der Waals surface area contributed by atoms with Gasteiger partial charge in [0.05, 0.1) is 0 Å². The average molecular weight is 267 g/mol. The second-order valence-electron chi connectivity index (χ2n) is 5.31. The number of rotatable bonds is 6. The summed E-state index contributed by atoms with van der Waals surface area (Å²) in [6, 6.07) is -0.782. The SMILES string of the molecule is C=CCCC(NC(=O)C1CCCCCCC1)C(=O)O. The van der Waals surface area contributed by atoms with Gasteiger partial charge in [0.25, 0.3) is 0 Å². The molecule has 4 heteroatoms. The minimum Gasteiger partial charge on any atom is -0.480 e. The lowest BCUT2D eigenvalue weighted by Gasteiger charge is -2.21. The molecule has 1 fully saturated rings. The van der Waals surface area contributed by atoms with Gasteiger partial charge in [0.1, 0.15) is 6.04 Å². The van der Waals surface area contributed by atoms with E-state index in [1.807, 2.05) is 0 Å². The Balaban J connectivity index is 2.48. The molecule has 0 heterocycles.